The van der Waals surface area contributed by atoms with E-state index in [1.54, 1.807) is 0 Å². The normalized spacial score (nSPS) is 12.6. The van der Waals surface area contributed by atoms with Crippen molar-refractivity contribution >= 4 is 29.6 Å². The monoisotopic (exact) mass is 284 g/mol. The molecule has 0 atom stereocenters. The number of phenolic OH excluding ortho intramolecular Hbond substituents is 1. The summed E-state index contributed by atoms with van der Waals surface area (Å²) in [6.07, 6.45) is 0.944. The Hall–Kier alpha value is -0.790. The Morgan fingerprint density at radius 1 is 1.25 bits per heavy atom. The van der Waals surface area contributed by atoms with E-state index < -0.39 is 30.4 Å². The van der Waals surface area contributed by atoms with Gasteiger partial charge in [0.05, 0.1) is 5.75 Å². The summed E-state index contributed by atoms with van der Waals surface area (Å²) in [6, 6.07) is 3.49. The smallest absolute Gasteiger partial charge is 0.236 e. The molecule has 0 heterocycles. The van der Waals surface area contributed by atoms with Crippen molar-refractivity contribution in [3.63, 3.8) is 0 Å². The van der Waals surface area contributed by atoms with E-state index in [1.165, 1.54) is 6.07 Å². The minimum Gasteiger partial charge on any atom is -0.507 e. The molecule has 0 saturated heterocycles. The van der Waals surface area contributed by atoms with Gasteiger partial charge in [0.25, 0.3) is 0 Å². The molecule has 0 saturated carbocycles. The summed E-state index contributed by atoms with van der Waals surface area (Å²) in [5.74, 6) is -0.952. The molecule has 0 amide bonds. The van der Waals surface area contributed by atoms with Crippen LogP contribution in [0.5, 0.6) is 5.75 Å². The lowest BCUT2D eigenvalue weighted by Crippen LogP contribution is -2.00. The molecule has 1 aromatic rings. The van der Waals surface area contributed by atoms with Gasteiger partial charge in [-0.3, -0.25) is 0 Å². The molecule has 1 rings (SSSR count). The van der Waals surface area contributed by atoms with Gasteiger partial charge in [-0.25, -0.2) is 16.8 Å². The highest BCUT2D eigenvalue weighted by Crippen LogP contribution is 2.24. The minimum absolute atomic E-state index is 0.222. The van der Waals surface area contributed by atoms with Gasteiger partial charge in [-0.05, 0) is 17.7 Å². The summed E-state index contributed by atoms with van der Waals surface area (Å²) in [5, 5.41) is 9.41. The van der Waals surface area contributed by atoms with E-state index in [1.807, 2.05) is 0 Å². The van der Waals surface area contributed by atoms with E-state index in [2.05, 4.69) is 0 Å². The van der Waals surface area contributed by atoms with Gasteiger partial charge in [0, 0.05) is 16.9 Å². The molecule has 0 spiro atoms. The maximum absolute atomic E-state index is 11.1. The van der Waals surface area contributed by atoms with Crippen LogP contribution in [0.15, 0.2) is 23.1 Å². The molecular formula is C8H9ClO5S2. The van der Waals surface area contributed by atoms with Crippen molar-refractivity contribution in [3.8, 4) is 5.75 Å². The number of phenols is 1. The van der Waals surface area contributed by atoms with Crippen LogP contribution in [0.1, 0.15) is 5.56 Å². The van der Waals surface area contributed by atoms with Crippen molar-refractivity contribution in [2.45, 2.75) is 10.6 Å². The first-order valence-corrected chi connectivity index (χ1v) is 8.41. The van der Waals surface area contributed by atoms with Gasteiger partial charge in [-0.2, -0.15) is 0 Å². The van der Waals surface area contributed by atoms with Crippen LogP contribution in [0.3, 0.4) is 0 Å². The molecule has 0 radical (unpaired) electrons. The molecule has 0 fully saturated rings. The van der Waals surface area contributed by atoms with E-state index in [0.717, 1.165) is 18.4 Å². The Labute approximate surface area is 98.0 Å². The van der Waals surface area contributed by atoms with Gasteiger partial charge in [0.1, 0.15) is 10.6 Å². The van der Waals surface area contributed by atoms with Crippen molar-refractivity contribution < 1.29 is 21.9 Å². The number of hydrogen-bond acceptors (Lipinski definition) is 5. The highest BCUT2D eigenvalue weighted by atomic mass is 35.7. The molecule has 8 heteroatoms. The maximum atomic E-state index is 11.1. The topological polar surface area (TPSA) is 88.5 Å². The highest BCUT2D eigenvalue weighted by Gasteiger charge is 2.15. The number of benzene rings is 1. The van der Waals surface area contributed by atoms with Crippen LogP contribution in [0.2, 0.25) is 0 Å². The van der Waals surface area contributed by atoms with Gasteiger partial charge < -0.3 is 5.11 Å². The standard InChI is InChI=1S/C8H9ClO5S2/c1-15(11,12)8-3-2-6(4-7(8)10)5-16(9,13)14/h2-4,10H,5H2,1H3. The minimum atomic E-state index is -3.73. The van der Waals surface area contributed by atoms with Crippen molar-refractivity contribution in [1.82, 2.24) is 0 Å². The first-order valence-electron chi connectivity index (χ1n) is 4.04. The summed E-state index contributed by atoms with van der Waals surface area (Å²) >= 11 is 0. The fraction of sp³-hybridized carbons (Fsp3) is 0.250. The van der Waals surface area contributed by atoms with Gasteiger partial charge >= 0.3 is 0 Å². The molecule has 0 aromatic heterocycles. The second-order valence-electron chi connectivity index (χ2n) is 3.26. The number of sulfone groups is 1. The Morgan fingerprint density at radius 3 is 2.19 bits per heavy atom. The summed E-state index contributed by atoms with van der Waals surface area (Å²) in [5.41, 5.74) is 0.222. The molecule has 1 N–H and O–H groups in total. The molecule has 0 unspecified atom stereocenters. The van der Waals surface area contributed by atoms with Crippen LogP contribution in [0.4, 0.5) is 0 Å². The SMILES string of the molecule is CS(=O)(=O)c1ccc(CS(=O)(=O)Cl)cc1O. The maximum Gasteiger partial charge on any atom is 0.236 e. The van der Waals surface area contributed by atoms with Crippen LogP contribution in [0, 0.1) is 0 Å². The predicted octanol–water partition coefficient (Wildman–Crippen LogP) is 0.864. The summed E-state index contributed by atoms with van der Waals surface area (Å²) in [6.45, 7) is 0. The fourth-order valence-corrected chi connectivity index (χ4v) is 2.88. The summed E-state index contributed by atoms with van der Waals surface area (Å²) in [7, 11) is -2.23. The molecule has 16 heavy (non-hydrogen) atoms. The second kappa shape index (κ2) is 4.23. The van der Waals surface area contributed by atoms with E-state index in [4.69, 9.17) is 10.7 Å². The second-order valence-corrected chi connectivity index (χ2v) is 8.02. The van der Waals surface area contributed by atoms with Gasteiger partial charge in [-0.1, -0.05) is 6.07 Å². The molecule has 5 nitrogen and oxygen atoms in total. The van der Waals surface area contributed by atoms with Crippen molar-refractivity contribution in [2.75, 3.05) is 6.26 Å². The van der Waals surface area contributed by atoms with E-state index in [-0.39, 0.29) is 10.5 Å². The first kappa shape index (κ1) is 13.3. The molecule has 90 valence electrons. The van der Waals surface area contributed by atoms with Gasteiger partial charge in [0.2, 0.25) is 9.05 Å². The van der Waals surface area contributed by atoms with Crippen LogP contribution in [-0.2, 0) is 24.6 Å². The zero-order valence-electron chi connectivity index (χ0n) is 8.21. The molecule has 0 bridgehead atoms. The van der Waals surface area contributed by atoms with Gasteiger partial charge in [-0.15, -0.1) is 0 Å². The molecule has 1 aromatic carbocycles. The number of hydrogen-bond donors (Lipinski definition) is 1. The number of aromatic hydroxyl groups is 1. The first-order chi connectivity index (χ1) is 7.09. The van der Waals surface area contributed by atoms with Crippen LogP contribution in [0.25, 0.3) is 0 Å². The third-order valence-electron chi connectivity index (χ3n) is 1.76. The molecule has 0 aliphatic carbocycles. The summed E-state index contributed by atoms with van der Waals surface area (Å²) < 4.78 is 43.8. The van der Waals surface area contributed by atoms with Crippen LogP contribution < -0.4 is 0 Å². The zero-order valence-corrected chi connectivity index (χ0v) is 10.6. The van der Waals surface area contributed by atoms with E-state index in [9.17, 15) is 21.9 Å². The fourth-order valence-electron chi connectivity index (χ4n) is 1.17. The zero-order chi connectivity index (χ0) is 12.6. The van der Waals surface area contributed by atoms with Crippen molar-refractivity contribution in [2.24, 2.45) is 0 Å². The van der Waals surface area contributed by atoms with E-state index in [0.29, 0.717) is 0 Å². The van der Waals surface area contributed by atoms with Crippen LogP contribution in [-0.4, -0.2) is 28.2 Å². The Balaban J connectivity index is 3.20. The largest absolute Gasteiger partial charge is 0.507 e. The average molecular weight is 285 g/mol. The Morgan fingerprint density at radius 2 is 1.81 bits per heavy atom. The van der Waals surface area contributed by atoms with Crippen molar-refractivity contribution in [1.29, 1.82) is 0 Å². The lowest BCUT2D eigenvalue weighted by Gasteiger charge is -2.04. The third kappa shape index (κ3) is 3.66. The molecule has 0 aliphatic heterocycles. The van der Waals surface area contributed by atoms with Crippen molar-refractivity contribution in [3.05, 3.63) is 23.8 Å². The van der Waals surface area contributed by atoms with Crippen LogP contribution >= 0.6 is 10.7 Å². The predicted molar refractivity (Wildman–Crippen MR) is 59.7 cm³/mol. The molecular weight excluding hydrogens is 276 g/mol. The third-order valence-corrected chi connectivity index (χ3v) is 3.91. The summed E-state index contributed by atoms with van der Waals surface area (Å²) in [4.78, 5) is -0.247. The van der Waals surface area contributed by atoms with Gasteiger partial charge in [0.15, 0.2) is 9.84 Å². The molecule has 0 aliphatic rings. The Bertz CT molecular complexity index is 603. The highest BCUT2D eigenvalue weighted by molar-refractivity contribution is 8.13. The number of rotatable bonds is 3. The number of halogens is 1. The lowest BCUT2D eigenvalue weighted by molar-refractivity contribution is 0.458. The lowest BCUT2D eigenvalue weighted by atomic mass is 10.2. The van der Waals surface area contributed by atoms with E-state index >= 15 is 0 Å². The Kier molecular flexibility index (Phi) is 3.51. The average Bonchev–Trinajstić information content (AvgIpc) is 1.97. The quantitative estimate of drug-likeness (QED) is 0.832.